The van der Waals surface area contributed by atoms with Gasteiger partial charge in [0.2, 0.25) is 0 Å². The average Bonchev–Trinajstić information content (AvgIpc) is 2.94. The second-order valence-corrected chi connectivity index (χ2v) is 6.35. The molecular formula is C18H21Cl2FN2. The molecule has 3 rings (SSSR count). The molecule has 0 saturated carbocycles. The fraction of sp³-hybridized carbons (Fsp3) is 0.333. The molecule has 1 heterocycles. The van der Waals surface area contributed by atoms with Crippen LogP contribution >= 0.6 is 24.0 Å². The Morgan fingerprint density at radius 2 is 1.87 bits per heavy atom. The standard InChI is InChI=1S/C18H20ClFN2.ClH/c19-18-8-16(20)7-6-14(18)10-22-11-15(9-21)17(12-22)13-4-2-1-3-5-13;/h1-8,15,17H,9-12,21H2;1H/t15-,17+;/m1./s1. The van der Waals surface area contributed by atoms with Crippen LogP contribution in [-0.4, -0.2) is 24.5 Å². The topological polar surface area (TPSA) is 29.3 Å². The predicted octanol–water partition coefficient (Wildman–Crippen LogP) is 4.08. The molecule has 0 aliphatic carbocycles. The molecule has 0 unspecified atom stereocenters. The SMILES string of the molecule is Cl.NC[C@@H]1CN(Cc2ccc(F)cc2Cl)C[C@H]1c1ccccc1. The maximum absolute atomic E-state index is 13.1. The molecule has 23 heavy (non-hydrogen) atoms. The Hall–Kier alpha value is -1.13. The summed E-state index contributed by atoms with van der Waals surface area (Å²) in [6.45, 7) is 3.31. The third-order valence-electron chi connectivity index (χ3n) is 4.46. The van der Waals surface area contributed by atoms with Crippen molar-refractivity contribution in [1.82, 2.24) is 4.90 Å². The van der Waals surface area contributed by atoms with Gasteiger partial charge >= 0.3 is 0 Å². The summed E-state index contributed by atoms with van der Waals surface area (Å²) in [6.07, 6.45) is 0. The van der Waals surface area contributed by atoms with Crippen molar-refractivity contribution in [3.05, 3.63) is 70.5 Å². The fourth-order valence-corrected chi connectivity index (χ4v) is 3.52. The Labute approximate surface area is 147 Å². The Bertz CT molecular complexity index is 636. The van der Waals surface area contributed by atoms with Gasteiger partial charge in [0.05, 0.1) is 0 Å². The van der Waals surface area contributed by atoms with Crippen LogP contribution in [0.5, 0.6) is 0 Å². The molecule has 0 spiro atoms. The zero-order valence-corrected chi connectivity index (χ0v) is 14.4. The highest BCUT2D eigenvalue weighted by Gasteiger charge is 2.32. The third-order valence-corrected chi connectivity index (χ3v) is 4.81. The highest BCUT2D eigenvalue weighted by molar-refractivity contribution is 6.31. The van der Waals surface area contributed by atoms with Gasteiger partial charge in [-0.3, -0.25) is 4.90 Å². The van der Waals surface area contributed by atoms with E-state index in [4.69, 9.17) is 17.3 Å². The molecule has 1 fully saturated rings. The van der Waals surface area contributed by atoms with Gasteiger partial charge < -0.3 is 5.73 Å². The molecule has 2 aromatic rings. The van der Waals surface area contributed by atoms with E-state index in [0.717, 1.165) is 25.2 Å². The molecule has 2 atom stereocenters. The largest absolute Gasteiger partial charge is 0.330 e. The van der Waals surface area contributed by atoms with Gasteiger partial charge in [0.25, 0.3) is 0 Å². The van der Waals surface area contributed by atoms with Gasteiger partial charge in [-0.2, -0.15) is 0 Å². The summed E-state index contributed by atoms with van der Waals surface area (Å²) in [5.74, 6) is 0.601. The number of hydrogen-bond donors (Lipinski definition) is 1. The molecule has 124 valence electrons. The van der Waals surface area contributed by atoms with E-state index in [1.54, 1.807) is 6.07 Å². The van der Waals surface area contributed by atoms with Crippen molar-refractivity contribution in [2.45, 2.75) is 12.5 Å². The number of nitrogens with two attached hydrogens (primary N) is 1. The van der Waals surface area contributed by atoms with Gasteiger partial charge in [0.1, 0.15) is 5.82 Å². The van der Waals surface area contributed by atoms with Crippen LogP contribution in [0.15, 0.2) is 48.5 Å². The molecule has 0 amide bonds. The van der Waals surface area contributed by atoms with Crippen LogP contribution in [0, 0.1) is 11.7 Å². The zero-order chi connectivity index (χ0) is 15.5. The second-order valence-electron chi connectivity index (χ2n) is 5.94. The van der Waals surface area contributed by atoms with Gasteiger partial charge in [-0.1, -0.05) is 48.0 Å². The van der Waals surface area contributed by atoms with Crippen molar-refractivity contribution < 1.29 is 4.39 Å². The van der Waals surface area contributed by atoms with Gasteiger partial charge in [-0.05, 0) is 35.7 Å². The Balaban J connectivity index is 0.00000192. The van der Waals surface area contributed by atoms with E-state index in [9.17, 15) is 4.39 Å². The van der Waals surface area contributed by atoms with Crippen molar-refractivity contribution in [3.8, 4) is 0 Å². The van der Waals surface area contributed by atoms with E-state index >= 15 is 0 Å². The zero-order valence-electron chi connectivity index (χ0n) is 12.8. The Morgan fingerprint density at radius 1 is 1.13 bits per heavy atom. The third kappa shape index (κ3) is 4.24. The molecule has 0 bridgehead atoms. The second kappa shape index (κ2) is 8.11. The number of rotatable bonds is 4. The van der Waals surface area contributed by atoms with Gasteiger partial charge in [-0.15, -0.1) is 12.4 Å². The molecule has 5 heteroatoms. The quantitative estimate of drug-likeness (QED) is 0.896. The lowest BCUT2D eigenvalue weighted by Gasteiger charge is -2.17. The van der Waals surface area contributed by atoms with Gasteiger partial charge in [0.15, 0.2) is 0 Å². The number of benzene rings is 2. The van der Waals surface area contributed by atoms with Gasteiger partial charge in [-0.25, -0.2) is 4.39 Å². The molecule has 2 aromatic carbocycles. The first-order chi connectivity index (χ1) is 10.7. The molecule has 0 aromatic heterocycles. The molecule has 1 saturated heterocycles. The van der Waals surface area contributed by atoms with Crippen molar-refractivity contribution in [2.75, 3.05) is 19.6 Å². The number of hydrogen-bond acceptors (Lipinski definition) is 2. The van der Waals surface area contributed by atoms with Crippen LogP contribution in [0.4, 0.5) is 4.39 Å². The summed E-state index contributed by atoms with van der Waals surface area (Å²) in [7, 11) is 0. The van der Waals surface area contributed by atoms with Crippen LogP contribution in [-0.2, 0) is 6.54 Å². The average molecular weight is 355 g/mol. The molecule has 1 aliphatic rings. The van der Waals surface area contributed by atoms with Crippen LogP contribution < -0.4 is 5.73 Å². The van der Waals surface area contributed by atoms with Crippen LogP contribution in [0.3, 0.4) is 0 Å². The monoisotopic (exact) mass is 354 g/mol. The fourth-order valence-electron chi connectivity index (χ4n) is 3.30. The lowest BCUT2D eigenvalue weighted by Crippen LogP contribution is -2.23. The Kier molecular flexibility index (Phi) is 6.42. The minimum atomic E-state index is -0.294. The van der Waals surface area contributed by atoms with Crippen molar-refractivity contribution in [3.63, 3.8) is 0 Å². The first-order valence-electron chi connectivity index (χ1n) is 7.58. The van der Waals surface area contributed by atoms with Crippen LogP contribution in [0.1, 0.15) is 17.0 Å². The summed E-state index contributed by atoms with van der Waals surface area (Å²) < 4.78 is 13.1. The number of likely N-dealkylation sites (tertiary alicyclic amines) is 1. The molecule has 2 N–H and O–H groups in total. The van der Waals surface area contributed by atoms with E-state index in [1.165, 1.54) is 17.7 Å². The highest BCUT2D eigenvalue weighted by atomic mass is 35.5. The number of nitrogens with zero attached hydrogens (tertiary/aromatic N) is 1. The summed E-state index contributed by atoms with van der Waals surface area (Å²) in [5, 5.41) is 0.493. The first kappa shape index (κ1) is 18.2. The summed E-state index contributed by atoms with van der Waals surface area (Å²) in [4.78, 5) is 2.36. The van der Waals surface area contributed by atoms with E-state index in [2.05, 4.69) is 29.2 Å². The molecule has 0 radical (unpaired) electrons. The van der Waals surface area contributed by atoms with Crippen LogP contribution in [0.2, 0.25) is 5.02 Å². The highest BCUT2D eigenvalue weighted by Crippen LogP contribution is 2.33. The lowest BCUT2D eigenvalue weighted by atomic mass is 9.89. The number of halogens is 3. The maximum Gasteiger partial charge on any atom is 0.124 e. The minimum absolute atomic E-state index is 0. The van der Waals surface area contributed by atoms with Crippen LogP contribution in [0.25, 0.3) is 0 Å². The molecular weight excluding hydrogens is 334 g/mol. The van der Waals surface area contributed by atoms with Crippen molar-refractivity contribution in [2.24, 2.45) is 11.7 Å². The van der Waals surface area contributed by atoms with Gasteiger partial charge in [0, 0.05) is 30.6 Å². The molecule has 1 aliphatic heterocycles. The summed E-state index contributed by atoms with van der Waals surface area (Å²) >= 11 is 6.14. The summed E-state index contributed by atoms with van der Waals surface area (Å²) in [6, 6.07) is 15.1. The predicted molar refractivity (Wildman–Crippen MR) is 95.7 cm³/mol. The normalized spacial score (nSPS) is 21.2. The van der Waals surface area contributed by atoms with E-state index in [1.807, 2.05) is 6.07 Å². The lowest BCUT2D eigenvalue weighted by molar-refractivity contribution is 0.317. The van der Waals surface area contributed by atoms with Crippen molar-refractivity contribution >= 4 is 24.0 Å². The van der Waals surface area contributed by atoms with Crippen molar-refractivity contribution in [1.29, 1.82) is 0 Å². The van der Waals surface area contributed by atoms with E-state index in [-0.39, 0.29) is 18.2 Å². The molecule has 2 nitrogen and oxygen atoms in total. The minimum Gasteiger partial charge on any atom is -0.330 e. The summed E-state index contributed by atoms with van der Waals surface area (Å²) in [5.41, 5.74) is 8.27. The first-order valence-corrected chi connectivity index (χ1v) is 7.96. The smallest absolute Gasteiger partial charge is 0.124 e. The maximum atomic E-state index is 13.1. The van der Waals surface area contributed by atoms with E-state index < -0.39 is 0 Å². The Morgan fingerprint density at radius 3 is 2.52 bits per heavy atom. The van der Waals surface area contributed by atoms with E-state index in [0.29, 0.717) is 23.4 Å².